The zero-order valence-electron chi connectivity index (χ0n) is 30.5. The molecule has 2 heterocycles. The number of fused-ring (bicyclic) bond motifs is 7. The highest BCUT2D eigenvalue weighted by Crippen LogP contribution is 2.40. The summed E-state index contributed by atoms with van der Waals surface area (Å²) < 4.78 is 8.84. The maximum atomic E-state index is 6.20. The maximum absolute atomic E-state index is 6.20. The fourth-order valence-electron chi connectivity index (χ4n) is 8.30. The first kappa shape index (κ1) is 32.5. The largest absolute Gasteiger partial charge is 0.456 e. The zero-order valence-corrected chi connectivity index (χ0v) is 31.3. The first-order chi connectivity index (χ1) is 27.7. The highest BCUT2D eigenvalue weighted by atomic mass is 32.1. The Labute approximate surface area is 329 Å². The van der Waals surface area contributed by atoms with E-state index in [1.165, 1.54) is 69.9 Å². The van der Waals surface area contributed by atoms with Crippen molar-refractivity contribution in [3.63, 3.8) is 0 Å². The van der Waals surface area contributed by atoms with Crippen LogP contribution in [0.3, 0.4) is 0 Å². The quantitative estimate of drug-likeness (QED) is 0.162. The number of rotatable bonds is 7. The second kappa shape index (κ2) is 13.4. The minimum Gasteiger partial charge on any atom is -0.456 e. The minimum absolute atomic E-state index is 0.688. The van der Waals surface area contributed by atoms with Crippen LogP contribution in [0.25, 0.3) is 86.3 Å². The van der Waals surface area contributed by atoms with E-state index in [4.69, 9.17) is 4.42 Å². The lowest BCUT2D eigenvalue weighted by Gasteiger charge is -2.27. The smallest absolute Gasteiger partial charge is 0.135 e. The van der Waals surface area contributed by atoms with Crippen molar-refractivity contribution in [2.45, 2.75) is 6.54 Å². The lowest BCUT2D eigenvalue weighted by molar-refractivity contribution is 0.669. The van der Waals surface area contributed by atoms with Crippen LogP contribution < -0.4 is 4.90 Å². The molecule has 0 spiro atoms. The van der Waals surface area contributed by atoms with Crippen molar-refractivity contribution in [3.8, 4) is 33.4 Å². The molecule has 0 bridgehead atoms. The standard InChI is InChI=1S/C53H35NOS/c1-2-11-37-30-39(21-20-35(37)10-1)36-22-26-43(27-23-36)54(44-14-9-13-38(31-44)40-25-29-53-49(32-40)47-17-6-8-19-52(47)56-53)34-42-12-3-4-15-45(42)41-24-28-51-48(33-41)46-16-5-7-18-50(46)55-51/h1-33H,34H2. The number of benzene rings is 9. The van der Waals surface area contributed by atoms with Crippen LogP contribution in [-0.2, 0) is 6.54 Å². The van der Waals surface area contributed by atoms with Crippen molar-refractivity contribution >= 4 is 75.6 Å². The van der Waals surface area contributed by atoms with E-state index >= 15 is 0 Å². The van der Waals surface area contributed by atoms with Gasteiger partial charge in [0.1, 0.15) is 11.2 Å². The van der Waals surface area contributed by atoms with Gasteiger partial charge in [-0.3, -0.25) is 0 Å². The molecule has 0 amide bonds. The third kappa shape index (κ3) is 5.72. The topological polar surface area (TPSA) is 16.4 Å². The van der Waals surface area contributed by atoms with Crippen molar-refractivity contribution in [1.29, 1.82) is 0 Å². The zero-order chi connectivity index (χ0) is 37.0. The second-order valence-corrected chi connectivity index (χ2v) is 15.6. The average molecular weight is 734 g/mol. The van der Waals surface area contributed by atoms with E-state index in [0.717, 1.165) is 33.3 Å². The van der Waals surface area contributed by atoms with Crippen molar-refractivity contribution in [2.75, 3.05) is 4.90 Å². The first-order valence-electron chi connectivity index (χ1n) is 19.1. The van der Waals surface area contributed by atoms with E-state index in [0.29, 0.717) is 6.54 Å². The molecule has 2 aromatic heterocycles. The van der Waals surface area contributed by atoms with Gasteiger partial charge < -0.3 is 9.32 Å². The molecule has 264 valence electrons. The van der Waals surface area contributed by atoms with Gasteiger partial charge in [-0.25, -0.2) is 0 Å². The predicted molar refractivity (Wildman–Crippen MR) is 239 cm³/mol. The molecule has 0 fully saturated rings. The van der Waals surface area contributed by atoms with Gasteiger partial charge in [-0.05, 0) is 116 Å². The van der Waals surface area contributed by atoms with Crippen LogP contribution in [-0.4, -0.2) is 0 Å². The van der Waals surface area contributed by atoms with Crippen molar-refractivity contribution in [3.05, 3.63) is 206 Å². The molecule has 0 aliphatic heterocycles. The van der Waals surface area contributed by atoms with Gasteiger partial charge in [0.2, 0.25) is 0 Å². The summed E-state index contributed by atoms with van der Waals surface area (Å²) >= 11 is 1.86. The molecule has 0 N–H and O–H groups in total. The number of hydrogen-bond acceptors (Lipinski definition) is 3. The molecule has 0 radical (unpaired) electrons. The first-order valence-corrected chi connectivity index (χ1v) is 19.9. The summed E-state index contributed by atoms with van der Waals surface area (Å²) in [6, 6.07) is 72.7. The van der Waals surface area contributed by atoms with Gasteiger partial charge in [-0.2, -0.15) is 0 Å². The third-order valence-electron chi connectivity index (χ3n) is 11.2. The van der Waals surface area contributed by atoms with E-state index in [1.54, 1.807) is 0 Å². The van der Waals surface area contributed by atoms with E-state index in [2.05, 4.69) is 193 Å². The van der Waals surface area contributed by atoms with Gasteiger partial charge >= 0.3 is 0 Å². The molecule has 0 aliphatic rings. The Morgan fingerprint density at radius 2 is 1.04 bits per heavy atom. The van der Waals surface area contributed by atoms with Crippen molar-refractivity contribution < 1.29 is 4.42 Å². The summed E-state index contributed by atoms with van der Waals surface area (Å²) in [6.45, 7) is 0.688. The number of thiophene rings is 1. The summed E-state index contributed by atoms with van der Waals surface area (Å²) in [5.74, 6) is 0. The van der Waals surface area contributed by atoms with E-state index in [9.17, 15) is 0 Å². The van der Waals surface area contributed by atoms with Gasteiger partial charge in [0.15, 0.2) is 0 Å². The highest BCUT2D eigenvalue weighted by molar-refractivity contribution is 7.25. The fourth-order valence-corrected chi connectivity index (χ4v) is 9.38. The van der Waals surface area contributed by atoms with Crippen molar-refractivity contribution in [1.82, 2.24) is 0 Å². The third-order valence-corrected chi connectivity index (χ3v) is 12.3. The predicted octanol–water partition coefficient (Wildman–Crippen LogP) is 15.4. The monoisotopic (exact) mass is 733 g/mol. The van der Waals surface area contributed by atoms with Crippen LogP contribution in [0.15, 0.2) is 205 Å². The summed E-state index contributed by atoms with van der Waals surface area (Å²) in [6.07, 6.45) is 0. The highest BCUT2D eigenvalue weighted by Gasteiger charge is 2.17. The molecular weight excluding hydrogens is 699 g/mol. The molecule has 0 saturated carbocycles. The Balaban J connectivity index is 1.01. The number of furan rings is 1. The molecule has 3 heteroatoms. The molecule has 9 aromatic carbocycles. The van der Waals surface area contributed by atoms with Gasteiger partial charge in [-0.15, -0.1) is 11.3 Å². The molecule has 2 nitrogen and oxygen atoms in total. The van der Waals surface area contributed by atoms with Crippen LogP contribution in [0.2, 0.25) is 0 Å². The Morgan fingerprint density at radius 1 is 0.375 bits per heavy atom. The van der Waals surface area contributed by atoms with E-state index in [1.807, 2.05) is 23.5 Å². The van der Waals surface area contributed by atoms with E-state index < -0.39 is 0 Å². The molecule has 0 atom stereocenters. The van der Waals surface area contributed by atoms with Crippen molar-refractivity contribution in [2.24, 2.45) is 0 Å². The second-order valence-electron chi connectivity index (χ2n) is 14.5. The summed E-state index contributed by atoms with van der Waals surface area (Å²) in [5, 5.41) is 7.41. The Bertz CT molecular complexity index is 3240. The van der Waals surface area contributed by atoms with Gasteiger partial charge in [0.25, 0.3) is 0 Å². The number of nitrogens with zero attached hydrogens (tertiary/aromatic N) is 1. The molecule has 0 unspecified atom stereocenters. The lowest BCUT2D eigenvalue weighted by Crippen LogP contribution is -2.17. The molecule has 11 aromatic rings. The summed E-state index contributed by atoms with van der Waals surface area (Å²) in [4.78, 5) is 2.46. The molecule has 0 saturated heterocycles. The van der Waals surface area contributed by atoms with Gasteiger partial charge in [0, 0.05) is 48.9 Å². The average Bonchev–Trinajstić information content (AvgIpc) is 3.83. The number of anilines is 2. The van der Waals surface area contributed by atoms with E-state index in [-0.39, 0.29) is 0 Å². The number of hydrogen-bond donors (Lipinski definition) is 0. The summed E-state index contributed by atoms with van der Waals surface area (Å²) in [5.41, 5.74) is 12.6. The Kier molecular flexibility index (Phi) is 7.78. The van der Waals surface area contributed by atoms with Gasteiger partial charge in [-0.1, -0.05) is 133 Å². The van der Waals surface area contributed by atoms with Gasteiger partial charge in [0.05, 0.1) is 0 Å². The molecule has 0 aliphatic carbocycles. The molecule has 56 heavy (non-hydrogen) atoms. The lowest BCUT2D eigenvalue weighted by atomic mass is 9.97. The Morgan fingerprint density at radius 3 is 1.96 bits per heavy atom. The fraction of sp³-hybridized carbons (Fsp3) is 0.0189. The van der Waals surface area contributed by atoms with Crippen LogP contribution in [0.4, 0.5) is 11.4 Å². The Hall–Kier alpha value is -6.94. The van der Waals surface area contributed by atoms with Crippen LogP contribution in [0, 0.1) is 0 Å². The SMILES string of the molecule is c1cc(-c2ccc3sc4ccccc4c3c2)cc(N(Cc2ccccc2-c2ccc3oc4ccccc4c3c2)c2ccc(-c3ccc4ccccc4c3)cc2)c1. The minimum atomic E-state index is 0.688. The number of para-hydroxylation sites is 1. The molecule has 11 rings (SSSR count). The normalized spacial score (nSPS) is 11.6. The van der Waals surface area contributed by atoms with Crippen LogP contribution in [0.5, 0.6) is 0 Å². The van der Waals surface area contributed by atoms with Crippen LogP contribution in [0.1, 0.15) is 5.56 Å². The summed E-state index contributed by atoms with van der Waals surface area (Å²) in [7, 11) is 0. The maximum Gasteiger partial charge on any atom is 0.135 e. The van der Waals surface area contributed by atoms with Crippen LogP contribution >= 0.6 is 11.3 Å². The molecular formula is C53H35NOS.